The quantitative estimate of drug-likeness (QED) is 0.603. The molecule has 0 spiro atoms. The van der Waals surface area contributed by atoms with Crippen LogP contribution in [0, 0.1) is 0 Å². The smallest absolute Gasteiger partial charge is 0.338 e. The lowest BCUT2D eigenvalue weighted by Crippen LogP contribution is -2.49. The van der Waals surface area contributed by atoms with Crippen LogP contribution in [0.15, 0.2) is 42.5 Å². The van der Waals surface area contributed by atoms with Crippen LogP contribution in [-0.2, 0) is 16.1 Å². The molecule has 0 bridgehead atoms. The van der Waals surface area contributed by atoms with Crippen molar-refractivity contribution in [1.82, 2.24) is 9.80 Å². The van der Waals surface area contributed by atoms with E-state index in [4.69, 9.17) is 19.9 Å². The summed E-state index contributed by atoms with van der Waals surface area (Å²) >= 11 is 0. The maximum Gasteiger partial charge on any atom is 0.338 e. The van der Waals surface area contributed by atoms with Gasteiger partial charge in [0.25, 0.3) is 5.91 Å². The maximum absolute atomic E-state index is 12.4. The van der Waals surface area contributed by atoms with Gasteiger partial charge in [-0.1, -0.05) is 6.07 Å². The number of esters is 1. The van der Waals surface area contributed by atoms with Crippen molar-refractivity contribution < 1.29 is 23.8 Å². The normalized spacial score (nSPS) is 15.9. The Labute approximate surface area is 168 Å². The first-order valence-electron chi connectivity index (χ1n) is 9.50. The van der Waals surface area contributed by atoms with E-state index in [2.05, 4.69) is 4.90 Å². The van der Waals surface area contributed by atoms with E-state index in [1.54, 1.807) is 29.2 Å². The summed E-state index contributed by atoms with van der Waals surface area (Å²) in [4.78, 5) is 28.4. The lowest BCUT2D eigenvalue weighted by atomic mass is 10.1. The van der Waals surface area contributed by atoms with Gasteiger partial charge in [-0.2, -0.15) is 0 Å². The summed E-state index contributed by atoms with van der Waals surface area (Å²) in [6.07, 6.45) is 0. The van der Waals surface area contributed by atoms with Gasteiger partial charge >= 0.3 is 5.97 Å². The third-order valence-electron chi connectivity index (χ3n) is 5.04. The summed E-state index contributed by atoms with van der Waals surface area (Å²) in [5.74, 6) is 0.841. The van der Waals surface area contributed by atoms with Crippen LogP contribution in [0.4, 0.5) is 5.69 Å². The van der Waals surface area contributed by atoms with Crippen LogP contribution in [-0.4, -0.2) is 61.3 Å². The van der Waals surface area contributed by atoms with Gasteiger partial charge in [-0.05, 0) is 42.0 Å². The fraction of sp³-hybridized carbons (Fsp3) is 0.333. The first-order valence-corrected chi connectivity index (χ1v) is 9.50. The Morgan fingerprint density at radius 1 is 0.966 bits per heavy atom. The van der Waals surface area contributed by atoms with Crippen molar-refractivity contribution in [3.63, 3.8) is 0 Å². The van der Waals surface area contributed by atoms with Crippen molar-refractivity contribution in [1.29, 1.82) is 0 Å². The second kappa shape index (κ2) is 8.40. The average Bonchev–Trinajstić information content (AvgIpc) is 3.21. The summed E-state index contributed by atoms with van der Waals surface area (Å²) in [7, 11) is 0. The number of piperazine rings is 1. The summed E-state index contributed by atoms with van der Waals surface area (Å²) in [5.41, 5.74) is 7.69. The molecule has 0 unspecified atom stereocenters. The van der Waals surface area contributed by atoms with Crippen LogP contribution < -0.4 is 15.2 Å². The van der Waals surface area contributed by atoms with E-state index in [1.165, 1.54) is 0 Å². The highest BCUT2D eigenvalue weighted by molar-refractivity contribution is 5.91. The second-order valence-electron chi connectivity index (χ2n) is 7.04. The van der Waals surface area contributed by atoms with Crippen LogP contribution in [0.3, 0.4) is 0 Å². The van der Waals surface area contributed by atoms with Crippen LogP contribution in [0.5, 0.6) is 11.5 Å². The lowest BCUT2D eigenvalue weighted by Gasteiger charge is -2.34. The molecule has 0 aliphatic carbocycles. The fourth-order valence-corrected chi connectivity index (χ4v) is 3.37. The summed E-state index contributed by atoms with van der Waals surface area (Å²) in [6.45, 7) is 3.50. The predicted molar refractivity (Wildman–Crippen MR) is 106 cm³/mol. The second-order valence-corrected chi connectivity index (χ2v) is 7.04. The molecular formula is C21H23N3O5. The van der Waals surface area contributed by atoms with Crippen LogP contribution in [0.25, 0.3) is 0 Å². The van der Waals surface area contributed by atoms with Gasteiger partial charge in [0.05, 0.1) is 5.56 Å². The number of nitrogen functional groups attached to an aromatic ring is 1. The highest BCUT2D eigenvalue weighted by Gasteiger charge is 2.23. The van der Waals surface area contributed by atoms with Crippen molar-refractivity contribution in [3.8, 4) is 11.5 Å². The van der Waals surface area contributed by atoms with Crippen molar-refractivity contribution >= 4 is 17.6 Å². The van der Waals surface area contributed by atoms with Crippen molar-refractivity contribution in [2.75, 3.05) is 45.3 Å². The van der Waals surface area contributed by atoms with Gasteiger partial charge in [0.1, 0.15) is 0 Å². The number of amides is 1. The van der Waals surface area contributed by atoms with Gasteiger partial charge in [-0.3, -0.25) is 9.69 Å². The number of nitrogens with two attached hydrogens (primary N) is 1. The molecule has 0 radical (unpaired) electrons. The molecule has 0 aromatic heterocycles. The topological polar surface area (TPSA) is 94.3 Å². The third kappa shape index (κ3) is 4.60. The molecule has 8 heteroatoms. The number of hydrogen-bond acceptors (Lipinski definition) is 7. The Bertz CT molecular complexity index is 892. The lowest BCUT2D eigenvalue weighted by molar-refractivity contribution is -0.136. The average molecular weight is 397 g/mol. The molecule has 0 atom stereocenters. The van der Waals surface area contributed by atoms with Crippen molar-refractivity contribution in [2.24, 2.45) is 0 Å². The highest BCUT2D eigenvalue weighted by atomic mass is 16.7. The Morgan fingerprint density at radius 3 is 2.45 bits per heavy atom. The zero-order chi connectivity index (χ0) is 20.2. The molecule has 2 aliphatic rings. The highest BCUT2D eigenvalue weighted by Crippen LogP contribution is 2.32. The maximum atomic E-state index is 12.4. The molecule has 2 N–H and O–H groups in total. The molecule has 2 aromatic carbocycles. The van der Waals surface area contributed by atoms with Gasteiger partial charge in [0, 0.05) is 38.4 Å². The van der Waals surface area contributed by atoms with Gasteiger partial charge in [0.2, 0.25) is 6.79 Å². The largest absolute Gasteiger partial charge is 0.454 e. The van der Waals surface area contributed by atoms with Crippen molar-refractivity contribution in [2.45, 2.75) is 6.54 Å². The molecule has 1 saturated heterocycles. The monoisotopic (exact) mass is 397 g/mol. The minimum atomic E-state index is -0.528. The molecule has 2 aromatic rings. The van der Waals surface area contributed by atoms with E-state index in [0.717, 1.165) is 36.7 Å². The summed E-state index contributed by atoms with van der Waals surface area (Å²) < 4.78 is 15.9. The van der Waals surface area contributed by atoms with Gasteiger partial charge < -0.3 is 24.8 Å². The van der Waals surface area contributed by atoms with Crippen molar-refractivity contribution in [3.05, 3.63) is 53.6 Å². The zero-order valence-corrected chi connectivity index (χ0v) is 16.0. The molecular weight excluding hydrogens is 374 g/mol. The number of hydrogen-bond donors (Lipinski definition) is 1. The number of rotatable bonds is 5. The Balaban J connectivity index is 1.22. The van der Waals surface area contributed by atoms with E-state index >= 15 is 0 Å². The van der Waals surface area contributed by atoms with Gasteiger partial charge in [-0.25, -0.2) is 4.79 Å². The van der Waals surface area contributed by atoms with Gasteiger partial charge in [0.15, 0.2) is 18.1 Å². The minimum Gasteiger partial charge on any atom is -0.454 e. The Hall–Kier alpha value is -3.26. The number of benzene rings is 2. The summed E-state index contributed by atoms with van der Waals surface area (Å²) in [6, 6.07) is 12.4. The van der Waals surface area contributed by atoms with E-state index in [1.807, 2.05) is 18.2 Å². The number of carbonyl (C=O) groups excluding carboxylic acids is 2. The number of fused-ring (bicyclic) bond motifs is 1. The molecule has 2 heterocycles. The number of carbonyl (C=O) groups is 2. The standard InChI is InChI=1S/C21H23N3O5/c22-17-4-2-16(3-5-17)21(26)27-13-20(25)24-9-7-23(8-10-24)12-15-1-6-18-19(11-15)29-14-28-18/h1-6,11H,7-10,12-14,22H2. The van der Waals surface area contributed by atoms with E-state index in [9.17, 15) is 9.59 Å². The summed E-state index contributed by atoms with van der Waals surface area (Å²) in [5, 5.41) is 0. The Morgan fingerprint density at radius 2 is 1.69 bits per heavy atom. The molecule has 29 heavy (non-hydrogen) atoms. The molecule has 8 nitrogen and oxygen atoms in total. The van der Waals surface area contributed by atoms with Crippen LogP contribution in [0.1, 0.15) is 15.9 Å². The molecule has 0 saturated carbocycles. The first-order chi connectivity index (χ1) is 14.1. The third-order valence-corrected chi connectivity index (χ3v) is 5.04. The molecule has 1 amide bonds. The SMILES string of the molecule is Nc1ccc(C(=O)OCC(=O)N2CCN(Cc3ccc4c(c3)OCO4)CC2)cc1. The number of ether oxygens (including phenoxy) is 3. The molecule has 4 rings (SSSR count). The first kappa shape index (κ1) is 19.1. The predicted octanol–water partition coefficient (Wildman–Crippen LogP) is 1.50. The molecule has 1 fully saturated rings. The van der Waals surface area contributed by atoms with Gasteiger partial charge in [-0.15, -0.1) is 0 Å². The fourth-order valence-electron chi connectivity index (χ4n) is 3.37. The van der Waals surface area contributed by atoms with E-state index < -0.39 is 5.97 Å². The molecule has 2 aliphatic heterocycles. The van der Waals surface area contributed by atoms with E-state index in [-0.39, 0.29) is 19.3 Å². The van der Waals surface area contributed by atoms with Crippen LogP contribution in [0.2, 0.25) is 0 Å². The minimum absolute atomic E-state index is 0.184. The molecule has 152 valence electrons. The van der Waals surface area contributed by atoms with E-state index in [0.29, 0.717) is 24.3 Å². The Kier molecular flexibility index (Phi) is 5.53. The zero-order valence-electron chi connectivity index (χ0n) is 16.0. The number of anilines is 1. The number of nitrogens with zero attached hydrogens (tertiary/aromatic N) is 2. The van der Waals surface area contributed by atoms with Crippen LogP contribution >= 0.6 is 0 Å².